The number of fused-ring (bicyclic) bond motifs is 2. The van der Waals surface area contributed by atoms with Gasteiger partial charge in [0.25, 0.3) is 0 Å². The molecule has 0 bridgehead atoms. The molecule has 136 valence electrons. The normalized spacial score (nSPS) is 13.9. The number of carbonyl (C=O) groups excluding carboxylic acids is 1. The van der Waals surface area contributed by atoms with Gasteiger partial charge in [-0.2, -0.15) is 0 Å². The maximum Gasteiger partial charge on any atom is 0.203 e. The maximum atomic E-state index is 12.8. The minimum Gasteiger partial charge on any atom is -0.493 e. The topological polar surface area (TPSA) is 44.8 Å². The third-order valence-electron chi connectivity index (χ3n) is 4.61. The second-order valence-electron chi connectivity index (χ2n) is 6.05. The predicted octanol–water partition coefficient (Wildman–Crippen LogP) is 4.91. The van der Waals surface area contributed by atoms with Crippen LogP contribution in [0, 0.1) is 0 Å². The lowest BCUT2D eigenvalue weighted by Crippen LogP contribution is -2.11. The van der Waals surface area contributed by atoms with E-state index in [1.54, 1.807) is 32.7 Å². The van der Waals surface area contributed by atoms with Gasteiger partial charge in [-0.3, -0.25) is 4.79 Å². The molecule has 0 spiro atoms. The molecule has 1 aliphatic rings. The third kappa shape index (κ3) is 2.80. The van der Waals surface area contributed by atoms with E-state index in [0.717, 1.165) is 32.7 Å². The standard InChI is InChI=1S/C22H18O4S/c1-24-18-11-13(12-19(25-2)21(18)26-3)10-17-14-6-4-5-7-15(14)20(23)16-8-9-27-22(16)17/h4-12H,1-3H3/b17-10-. The molecule has 5 heteroatoms. The number of hydrogen-bond acceptors (Lipinski definition) is 5. The lowest BCUT2D eigenvalue weighted by atomic mass is 9.85. The molecule has 0 fully saturated rings. The average Bonchev–Trinajstić information content (AvgIpc) is 3.20. The van der Waals surface area contributed by atoms with Crippen LogP contribution >= 0.6 is 11.3 Å². The Morgan fingerprint density at radius 3 is 2.15 bits per heavy atom. The molecule has 2 aromatic carbocycles. The summed E-state index contributed by atoms with van der Waals surface area (Å²) in [5.74, 6) is 1.81. The van der Waals surface area contributed by atoms with Gasteiger partial charge in [-0.15, -0.1) is 11.3 Å². The molecule has 0 aliphatic heterocycles. The van der Waals surface area contributed by atoms with Crippen molar-refractivity contribution in [2.24, 2.45) is 0 Å². The van der Waals surface area contributed by atoms with Crippen LogP contribution in [0.25, 0.3) is 11.6 Å². The van der Waals surface area contributed by atoms with Crippen LogP contribution in [0.3, 0.4) is 0 Å². The number of thiophene rings is 1. The summed E-state index contributed by atoms with van der Waals surface area (Å²) in [5, 5.41) is 1.96. The smallest absolute Gasteiger partial charge is 0.203 e. The van der Waals surface area contributed by atoms with E-state index in [9.17, 15) is 4.79 Å². The van der Waals surface area contributed by atoms with Gasteiger partial charge in [0.15, 0.2) is 17.3 Å². The molecule has 27 heavy (non-hydrogen) atoms. The van der Waals surface area contributed by atoms with E-state index in [4.69, 9.17) is 14.2 Å². The van der Waals surface area contributed by atoms with Crippen LogP contribution in [0.15, 0.2) is 47.8 Å². The van der Waals surface area contributed by atoms with Gasteiger partial charge in [0, 0.05) is 21.6 Å². The Bertz CT molecular complexity index is 1040. The van der Waals surface area contributed by atoms with Crippen molar-refractivity contribution in [3.8, 4) is 17.2 Å². The fraction of sp³-hybridized carbons (Fsp3) is 0.136. The molecule has 0 saturated carbocycles. The van der Waals surface area contributed by atoms with Gasteiger partial charge in [-0.05, 0) is 40.8 Å². The van der Waals surface area contributed by atoms with Crippen LogP contribution in [-0.2, 0) is 0 Å². The zero-order valence-electron chi connectivity index (χ0n) is 15.2. The van der Waals surface area contributed by atoms with Crippen molar-refractivity contribution in [2.75, 3.05) is 21.3 Å². The summed E-state index contributed by atoms with van der Waals surface area (Å²) in [5.41, 5.74) is 4.33. The molecule has 0 radical (unpaired) electrons. The van der Waals surface area contributed by atoms with Gasteiger partial charge in [0.1, 0.15) is 0 Å². The number of benzene rings is 2. The molecular weight excluding hydrogens is 360 g/mol. The van der Waals surface area contributed by atoms with Crippen molar-refractivity contribution in [2.45, 2.75) is 0 Å². The van der Waals surface area contributed by atoms with Crippen LogP contribution in [0.5, 0.6) is 17.2 Å². The molecule has 3 aromatic rings. The highest BCUT2D eigenvalue weighted by atomic mass is 32.1. The first-order valence-electron chi connectivity index (χ1n) is 8.41. The van der Waals surface area contributed by atoms with Crippen LogP contribution in [0.2, 0.25) is 0 Å². The summed E-state index contributed by atoms with van der Waals surface area (Å²) in [6.45, 7) is 0. The first-order chi connectivity index (χ1) is 13.2. The minimum atomic E-state index is 0.0730. The van der Waals surface area contributed by atoms with Gasteiger partial charge in [0.2, 0.25) is 5.75 Å². The minimum absolute atomic E-state index is 0.0730. The molecule has 4 nitrogen and oxygen atoms in total. The molecule has 1 heterocycles. The lowest BCUT2D eigenvalue weighted by molar-refractivity contribution is 0.103. The largest absolute Gasteiger partial charge is 0.493 e. The molecule has 0 N–H and O–H groups in total. The van der Waals surface area contributed by atoms with Crippen molar-refractivity contribution >= 4 is 28.8 Å². The highest BCUT2D eigenvalue weighted by molar-refractivity contribution is 7.11. The van der Waals surface area contributed by atoms with Crippen molar-refractivity contribution in [3.63, 3.8) is 0 Å². The number of carbonyl (C=O) groups is 1. The van der Waals surface area contributed by atoms with E-state index in [1.165, 1.54) is 0 Å². The second-order valence-corrected chi connectivity index (χ2v) is 6.97. The molecule has 0 saturated heterocycles. The average molecular weight is 378 g/mol. The molecule has 0 unspecified atom stereocenters. The van der Waals surface area contributed by atoms with Crippen LogP contribution in [0.1, 0.15) is 31.9 Å². The van der Waals surface area contributed by atoms with E-state index in [0.29, 0.717) is 17.2 Å². The van der Waals surface area contributed by atoms with Crippen molar-refractivity contribution in [3.05, 3.63) is 75.0 Å². The number of rotatable bonds is 4. The first kappa shape index (κ1) is 17.4. The molecule has 0 atom stereocenters. The molecule has 1 aromatic heterocycles. The Kier molecular flexibility index (Phi) is 4.46. The summed E-state index contributed by atoms with van der Waals surface area (Å²) in [6.07, 6.45) is 2.06. The Balaban J connectivity index is 1.94. The molecular formula is C22H18O4S. The third-order valence-corrected chi connectivity index (χ3v) is 5.56. The zero-order chi connectivity index (χ0) is 19.0. The number of ketones is 1. The second kappa shape index (κ2) is 6.93. The van der Waals surface area contributed by atoms with Crippen molar-refractivity contribution in [1.82, 2.24) is 0 Å². The van der Waals surface area contributed by atoms with E-state index in [-0.39, 0.29) is 5.78 Å². The van der Waals surface area contributed by atoms with Gasteiger partial charge >= 0.3 is 0 Å². The Labute approximate surface area is 161 Å². The number of methoxy groups -OCH3 is 3. The van der Waals surface area contributed by atoms with E-state index in [2.05, 4.69) is 6.08 Å². The van der Waals surface area contributed by atoms with Crippen LogP contribution < -0.4 is 14.2 Å². The van der Waals surface area contributed by atoms with Gasteiger partial charge < -0.3 is 14.2 Å². The van der Waals surface area contributed by atoms with Gasteiger partial charge in [-0.25, -0.2) is 0 Å². The lowest BCUT2D eigenvalue weighted by Gasteiger charge is -2.19. The Morgan fingerprint density at radius 1 is 0.852 bits per heavy atom. The Morgan fingerprint density at radius 2 is 1.52 bits per heavy atom. The highest BCUT2D eigenvalue weighted by Gasteiger charge is 2.27. The summed E-state index contributed by atoms with van der Waals surface area (Å²) in [4.78, 5) is 13.8. The van der Waals surface area contributed by atoms with E-state index >= 15 is 0 Å². The van der Waals surface area contributed by atoms with E-state index in [1.807, 2.05) is 47.8 Å². The summed E-state index contributed by atoms with van der Waals surface area (Å²) >= 11 is 1.57. The molecule has 4 rings (SSSR count). The van der Waals surface area contributed by atoms with Crippen LogP contribution in [-0.4, -0.2) is 27.1 Å². The molecule has 1 aliphatic carbocycles. The summed E-state index contributed by atoms with van der Waals surface area (Å²) in [6, 6.07) is 13.4. The summed E-state index contributed by atoms with van der Waals surface area (Å²) in [7, 11) is 4.78. The maximum absolute atomic E-state index is 12.8. The van der Waals surface area contributed by atoms with Crippen molar-refractivity contribution in [1.29, 1.82) is 0 Å². The predicted molar refractivity (Wildman–Crippen MR) is 107 cm³/mol. The van der Waals surface area contributed by atoms with Gasteiger partial charge in [-0.1, -0.05) is 24.3 Å². The highest BCUT2D eigenvalue weighted by Crippen LogP contribution is 2.42. The Hall–Kier alpha value is -3.05. The SMILES string of the molecule is COc1cc(/C=C2/c3ccccc3C(=O)c3ccsc32)cc(OC)c1OC. The first-order valence-corrected chi connectivity index (χ1v) is 9.29. The molecule has 0 amide bonds. The van der Waals surface area contributed by atoms with Crippen molar-refractivity contribution < 1.29 is 19.0 Å². The monoisotopic (exact) mass is 378 g/mol. The number of hydrogen-bond donors (Lipinski definition) is 0. The fourth-order valence-corrected chi connectivity index (χ4v) is 4.30. The van der Waals surface area contributed by atoms with Gasteiger partial charge in [0.05, 0.1) is 21.3 Å². The zero-order valence-corrected chi connectivity index (χ0v) is 16.1. The quantitative estimate of drug-likeness (QED) is 0.506. The van der Waals surface area contributed by atoms with Crippen LogP contribution in [0.4, 0.5) is 0 Å². The fourth-order valence-electron chi connectivity index (χ4n) is 3.37. The van der Waals surface area contributed by atoms with E-state index < -0.39 is 0 Å². The number of ether oxygens (including phenoxy) is 3. The summed E-state index contributed by atoms with van der Waals surface area (Å²) < 4.78 is 16.3.